The van der Waals surface area contributed by atoms with Crippen LogP contribution in [0.5, 0.6) is 0 Å². The van der Waals surface area contributed by atoms with Crippen LogP contribution in [0.3, 0.4) is 0 Å². The number of nitrogens with zero attached hydrogens (tertiary/aromatic N) is 2. The monoisotopic (exact) mass is 219 g/mol. The second-order valence-corrected chi connectivity index (χ2v) is 3.44. The molecule has 1 aromatic carbocycles. The van der Waals surface area contributed by atoms with Gasteiger partial charge in [0.2, 0.25) is 0 Å². The molecule has 2 rings (SSSR count). The average molecular weight is 219 g/mol. The van der Waals surface area contributed by atoms with Gasteiger partial charge >= 0.3 is 0 Å². The van der Waals surface area contributed by atoms with Crippen molar-refractivity contribution in [2.75, 3.05) is 6.54 Å². The van der Waals surface area contributed by atoms with Crippen LogP contribution in [0.25, 0.3) is 10.9 Å². The molecule has 16 heavy (non-hydrogen) atoms. The van der Waals surface area contributed by atoms with Gasteiger partial charge in [-0.1, -0.05) is 19.1 Å². The highest BCUT2D eigenvalue weighted by molar-refractivity contribution is 5.77. The van der Waals surface area contributed by atoms with Crippen molar-refractivity contribution in [2.45, 2.75) is 13.5 Å². The molecule has 0 unspecified atom stereocenters. The molecule has 0 bridgehead atoms. The Morgan fingerprint density at radius 2 is 2.19 bits per heavy atom. The summed E-state index contributed by atoms with van der Waals surface area (Å²) < 4.78 is 0.602. The van der Waals surface area contributed by atoms with Gasteiger partial charge in [0.15, 0.2) is 5.82 Å². The fraction of sp³-hybridized carbons (Fsp3) is 0.273. The zero-order valence-electron chi connectivity index (χ0n) is 8.97. The van der Waals surface area contributed by atoms with E-state index in [1.165, 1.54) is 0 Å². The van der Waals surface area contributed by atoms with Crippen LogP contribution in [0.1, 0.15) is 12.7 Å². The largest absolute Gasteiger partial charge is 0.424 e. The fourth-order valence-corrected chi connectivity index (χ4v) is 1.52. The van der Waals surface area contributed by atoms with E-state index >= 15 is 0 Å². The van der Waals surface area contributed by atoms with Gasteiger partial charge in [-0.25, -0.2) is 4.98 Å². The van der Waals surface area contributed by atoms with Crippen LogP contribution in [-0.2, 0) is 6.54 Å². The third-order valence-corrected chi connectivity index (χ3v) is 2.35. The zero-order valence-corrected chi connectivity index (χ0v) is 8.97. The van der Waals surface area contributed by atoms with Crippen molar-refractivity contribution in [1.82, 2.24) is 15.0 Å². The minimum Gasteiger partial charge on any atom is -0.424 e. The van der Waals surface area contributed by atoms with Crippen LogP contribution >= 0.6 is 0 Å². The normalized spacial score (nSPS) is 10.8. The Bertz CT molecular complexity index is 563. The summed E-state index contributed by atoms with van der Waals surface area (Å²) in [7, 11) is 0. The number of aromatic nitrogens is 2. The van der Waals surface area contributed by atoms with Crippen molar-refractivity contribution in [3.8, 4) is 0 Å². The van der Waals surface area contributed by atoms with Crippen LogP contribution in [0.2, 0.25) is 0 Å². The van der Waals surface area contributed by atoms with E-state index in [0.29, 0.717) is 28.0 Å². The van der Waals surface area contributed by atoms with Crippen LogP contribution in [0.15, 0.2) is 29.1 Å². The first kappa shape index (κ1) is 10.6. The van der Waals surface area contributed by atoms with E-state index in [0.717, 1.165) is 6.54 Å². The molecule has 0 amide bonds. The van der Waals surface area contributed by atoms with Gasteiger partial charge in [0, 0.05) is 0 Å². The van der Waals surface area contributed by atoms with Crippen molar-refractivity contribution in [2.24, 2.45) is 0 Å². The average Bonchev–Trinajstić information content (AvgIpc) is 2.32. The van der Waals surface area contributed by atoms with Gasteiger partial charge in [-0.3, -0.25) is 4.79 Å². The van der Waals surface area contributed by atoms with E-state index in [-0.39, 0.29) is 0 Å². The topological polar surface area (TPSA) is 67.2 Å². The molecule has 1 heterocycles. The first-order chi connectivity index (χ1) is 7.74. The number of para-hydroxylation sites is 1. The molecule has 5 nitrogen and oxygen atoms in total. The maximum absolute atomic E-state index is 11.8. The lowest BCUT2D eigenvalue weighted by Gasteiger charge is -2.07. The van der Waals surface area contributed by atoms with Crippen molar-refractivity contribution in [3.05, 3.63) is 40.4 Å². The van der Waals surface area contributed by atoms with Gasteiger partial charge < -0.3 is 10.5 Å². The number of rotatable bonds is 3. The van der Waals surface area contributed by atoms with E-state index in [2.05, 4.69) is 10.3 Å². The molecular formula is C11H13N3O2. The highest BCUT2D eigenvalue weighted by Crippen LogP contribution is 2.06. The van der Waals surface area contributed by atoms with E-state index in [4.69, 9.17) is 0 Å². The van der Waals surface area contributed by atoms with Gasteiger partial charge in [-0.2, -0.15) is 0 Å². The molecule has 5 heteroatoms. The van der Waals surface area contributed by atoms with Crippen LogP contribution < -0.4 is 10.9 Å². The summed E-state index contributed by atoms with van der Waals surface area (Å²) in [5.41, 5.74) is 0.171. The fourth-order valence-electron chi connectivity index (χ4n) is 1.52. The molecule has 0 aliphatic carbocycles. The number of fused-ring (bicyclic) bond motifs is 1. The van der Waals surface area contributed by atoms with Gasteiger partial charge in [0.1, 0.15) is 0 Å². The van der Waals surface area contributed by atoms with Gasteiger partial charge in [0.05, 0.1) is 17.4 Å². The molecule has 0 aliphatic rings. The summed E-state index contributed by atoms with van der Waals surface area (Å²) in [5, 5.41) is 13.1. The Morgan fingerprint density at radius 3 is 2.94 bits per heavy atom. The van der Waals surface area contributed by atoms with E-state index in [1.54, 1.807) is 18.2 Å². The summed E-state index contributed by atoms with van der Waals surface area (Å²) in [6.07, 6.45) is 0. The first-order valence-electron chi connectivity index (χ1n) is 5.14. The molecule has 84 valence electrons. The van der Waals surface area contributed by atoms with Crippen molar-refractivity contribution in [1.29, 1.82) is 0 Å². The third-order valence-electron chi connectivity index (χ3n) is 2.35. The number of hydrogen-bond acceptors (Lipinski definition) is 4. The number of benzene rings is 1. The Kier molecular flexibility index (Phi) is 2.87. The highest BCUT2D eigenvalue weighted by Gasteiger charge is 2.08. The SMILES string of the molecule is CCNCc1nc2ccccc2c(=O)n1O. The lowest BCUT2D eigenvalue weighted by molar-refractivity contribution is 0.161. The van der Waals surface area contributed by atoms with Crippen LogP contribution in [-0.4, -0.2) is 21.5 Å². The molecule has 0 aliphatic heterocycles. The lowest BCUT2D eigenvalue weighted by atomic mass is 10.2. The van der Waals surface area contributed by atoms with Crippen molar-refractivity contribution in [3.63, 3.8) is 0 Å². The van der Waals surface area contributed by atoms with Crippen molar-refractivity contribution < 1.29 is 5.21 Å². The lowest BCUT2D eigenvalue weighted by Crippen LogP contribution is -2.26. The summed E-state index contributed by atoms with van der Waals surface area (Å²) in [4.78, 5) is 16.0. The van der Waals surface area contributed by atoms with Crippen molar-refractivity contribution >= 4 is 10.9 Å². The van der Waals surface area contributed by atoms with Gasteiger partial charge in [-0.05, 0) is 18.7 Å². The minimum atomic E-state index is -0.432. The summed E-state index contributed by atoms with van der Waals surface area (Å²) >= 11 is 0. The molecule has 2 aromatic rings. The predicted molar refractivity (Wildman–Crippen MR) is 60.6 cm³/mol. The summed E-state index contributed by atoms with van der Waals surface area (Å²) in [6, 6.07) is 6.96. The number of nitrogens with one attached hydrogen (secondary N) is 1. The second kappa shape index (κ2) is 4.32. The summed E-state index contributed by atoms with van der Waals surface area (Å²) in [6.45, 7) is 3.07. The van der Waals surface area contributed by atoms with Gasteiger partial charge in [-0.15, -0.1) is 4.73 Å². The molecule has 0 fully saturated rings. The standard InChI is InChI=1S/C11H13N3O2/c1-2-12-7-10-13-9-6-4-3-5-8(9)11(15)14(10)16/h3-6,12,16H,2,7H2,1H3. The molecule has 0 saturated carbocycles. The second-order valence-electron chi connectivity index (χ2n) is 3.44. The minimum absolute atomic E-state index is 0.325. The van der Waals surface area contributed by atoms with Crippen LogP contribution in [0.4, 0.5) is 0 Å². The molecular weight excluding hydrogens is 206 g/mol. The van der Waals surface area contributed by atoms with Gasteiger partial charge in [0.25, 0.3) is 5.56 Å². The first-order valence-corrected chi connectivity index (χ1v) is 5.14. The Balaban J connectivity index is 2.60. The summed E-state index contributed by atoms with van der Waals surface area (Å²) in [5.74, 6) is 0.325. The Morgan fingerprint density at radius 1 is 1.44 bits per heavy atom. The Labute approximate surface area is 92.3 Å². The molecule has 1 aromatic heterocycles. The van der Waals surface area contributed by atoms with E-state index < -0.39 is 5.56 Å². The number of hydrogen-bond donors (Lipinski definition) is 2. The molecule has 0 saturated heterocycles. The predicted octanol–water partition coefficient (Wildman–Crippen LogP) is 0.743. The van der Waals surface area contributed by atoms with E-state index in [1.807, 2.05) is 13.0 Å². The Hall–Kier alpha value is -1.88. The molecule has 2 N–H and O–H groups in total. The molecule has 0 atom stereocenters. The maximum atomic E-state index is 11.8. The quantitative estimate of drug-likeness (QED) is 0.747. The van der Waals surface area contributed by atoms with E-state index in [9.17, 15) is 10.0 Å². The zero-order chi connectivity index (χ0) is 11.5. The molecule has 0 spiro atoms. The van der Waals surface area contributed by atoms with Crippen LogP contribution in [0, 0.1) is 0 Å². The highest BCUT2D eigenvalue weighted by atomic mass is 16.5. The maximum Gasteiger partial charge on any atom is 0.294 e. The smallest absolute Gasteiger partial charge is 0.294 e. The third kappa shape index (κ3) is 1.77. The molecule has 0 radical (unpaired) electrons.